The number of aliphatic hydroxyl groups excluding tert-OH is 2. The predicted octanol–water partition coefficient (Wildman–Crippen LogP) is 1.14. The molecule has 0 saturated carbocycles. The van der Waals surface area contributed by atoms with Crippen LogP contribution in [0.1, 0.15) is 6.42 Å². The van der Waals surface area contributed by atoms with Gasteiger partial charge in [-0.1, -0.05) is 0 Å². The number of Topliss-reactive ketones (excluding diaryl/α,β-unsaturated/α-hetero) is 1. The molecule has 4 heteroatoms. The summed E-state index contributed by atoms with van der Waals surface area (Å²) in [7, 11) is 0. The second kappa shape index (κ2) is 2.13. The van der Waals surface area contributed by atoms with Crippen LogP contribution in [0.5, 0.6) is 0 Å². The van der Waals surface area contributed by atoms with Gasteiger partial charge >= 0.3 is 0 Å². The summed E-state index contributed by atoms with van der Waals surface area (Å²) in [5, 5.41) is 17.2. The minimum Gasteiger partial charge on any atom is -0.512 e. The summed E-state index contributed by atoms with van der Waals surface area (Å²) in [6.07, 6.45) is 0.399. The minimum atomic E-state index is -1.08. The zero-order valence-corrected chi connectivity index (χ0v) is 4.97. The fraction of sp³-hybridized carbons (Fsp3) is 0.167. The fourth-order valence-electron chi connectivity index (χ4n) is 0.647. The molecule has 0 fully saturated rings. The largest absolute Gasteiger partial charge is 0.512 e. The highest BCUT2D eigenvalue weighted by atomic mass is 19.1. The Hall–Kier alpha value is -1.32. The van der Waals surface area contributed by atoms with Crippen LogP contribution in [0.3, 0.4) is 0 Å². The van der Waals surface area contributed by atoms with Crippen molar-refractivity contribution in [1.82, 2.24) is 0 Å². The van der Waals surface area contributed by atoms with Crippen LogP contribution in [-0.4, -0.2) is 16.0 Å². The van der Waals surface area contributed by atoms with Crippen LogP contribution >= 0.6 is 0 Å². The van der Waals surface area contributed by atoms with Crippen molar-refractivity contribution in [2.24, 2.45) is 0 Å². The van der Waals surface area contributed by atoms with Crippen molar-refractivity contribution in [3.05, 3.63) is 23.4 Å². The number of ketones is 1. The molecule has 0 aliphatic heterocycles. The zero-order valence-electron chi connectivity index (χ0n) is 4.97. The van der Waals surface area contributed by atoms with Gasteiger partial charge in [-0.15, -0.1) is 0 Å². The van der Waals surface area contributed by atoms with Gasteiger partial charge in [0.05, 0.1) is 6.42 Å². The second-order valence-corrected chi connectivity index (χ2v) is 1.93. The van der Waals surface area contributed by atoms with E-state index in [1.807, 2.05) is 0 Å². The number of carbonyl (C=O) groups excluding carboxylic acids is 1. The summed E-state index contributed by atoms with van der Waals surface area (Å²) in [5.41, 5.74) is 0. The molecule has 0 aromatic rings. The first-order chi connectivity index (χ1) is 4.61. The summed E-state index contributed by atoms with van der Waals surface area (Å²) in [6.45, 7) is 0. The lowest BCUT2D eigenvalue weighted by molar-refractivity contribution is -0.118. The van der Waals surface area contributed by atoms with E-state index in [1.54, 1.807) is 0 Å². The van der Waals surface area contributed by atoms with Crippen molar-refractivity contribution in [3.8, 4) is 0 Å². The van der Waals surface area contributed by atoms with Crippen molar-refractivity contribution in [3.63, 3.8) is 0 Å². The average molecular weight is 144 g/mol. The van der Waals surface area contributed by atoms with E-state index in [9.17, 15) is 9.18 Å². The highest BCUT2D eigenvalue weighted by molar-refractivity contribution is 5.96. The van der Waals surface area contributed by atoms with Gasteiger partial charge in [0.25, 0.3) is 0 Å². The van der Waals surface area contributed by atoms with E-state index >= 15 is 0 Å². The van der Waals surface area contributed by atoms with E-state index in [4.69, 9.17) is 10.2 Å². The lowest BCUT2D eigenvalue weighted by Gasteiger charge is -2.04. The van der Waals surface area contributed by atoms with E-state index in [2.05, 4.69) is 0 Å². The number of allylic oxidation sites excluding steroid dienone is 4. The lowest BCUT2D eigenvalue weighted by Crippen LogP contribution is -2.09. The van der Waals surface area contributed by atoms with Gasteiger partial charge in [0.15, 0.2) is 11.6 Å². The number of aliphatic hydroxyl groups is 2. The van der Waals surface area contributed by atoms with Crippen LogP contribution in [0.2, 0.25) is 0 Å². The molecule has 0 aromatic carbocycles. The first-order valence-corrected chi connectivity index (χ1v) is 2.62. The minimum absolute atomic E-state index is 0.320. The van der Waals surface area contributed by atoms with Crippen LogP contribution in [0, 0.1) is 0 Å². The summed E-state index contributed by atoms with van der Waals surface area (Å²) in [4.78, 5) is 10.5. The van der Waals surface area contributed by atoms with Crippen molar-refractivity contribution >= 4 is 5.78 Å². The lowest BCUT2D eigenvalue weighted by atomic mass is 10.1. The second-order valence-electron chi connectivity index (χ2n) is 1.93. The molecular weight excluding hydrogens is 139 g/mol. The van der Waals surface area contributed by atoms with Crippen molar-refractivity contribution in [2.45, 2.75) is 6.42 Å². The number of carbonyl (C=O) groups is 1. The summed E-state index contributed by atoms with van der Waals surface area (Å²) in [6, 6.07) is 0. The SMILES string of the molecule is O=C1CC(O)=CC(F)=C1O. The number of halogens is 1. The molecule has 0 aromatic heterocycles. The molecule has 0 amide bonds. The number of rotatable bonds is 0. The molecule has 0 unspecified atom stereocenters. The first-order valence-electron chi connectivity index (χ1n) is 2.62. The van der Waals surface area contributed by atoms with Crippen LogP contribution < -0.4 is 0 Å². The quantitative estimate of drug-likeness (QED) is 0.536. The Labute approximate surface area is 56.1 Å². The smallest absolute Gasteiger partial charge is 0.207 e. The third kappa shape index (κ3) is 1.00. The third-order valence-corrected chi connectivity index (χ3v) is 1.13. The van der Waals surface area contributed by atoms with Gasteiger partial charge < -0.3 is 10.2 Å². The van der Waals surface area contributed by atoms with E-state index < -0.39 is 17.4 Å². The maximum Gasteiger partial charge on any atom is 0.207 e. The van der Waals surface area contributed by atoms with Crippen molar-refractivity contribution in [1.29, 1.82) is 0 Å². The normalized spacial score (nSPS) is 19.3. The van der Waals surface area contributed by atoms with Gasteiger partial charge in [0, 0.05) is 6.08 Å². The predicted molar refractivity (Wildman–Crippen MR) is 31.1 cm³/mol. The maximum absolute atomic E-state index is 12.3. The van der Waals surface area contributed by atoms with Gasteiger partial charge in [-0.25, -0.2) is 4.39 Å². The molecule has 54 valence electrons. The maximum atomic E-state index is 12.3. The van der Waals surface area contributed by atoms with E-state index in [1.165, 1.54) is 0 Å². The Bertz CT molecular complexity index is 239. The average Bonchev–Trinajstić information content (AvgIpc) is 1.82. The van der Waals surface area contributed by atoms with Gasteiger partial charge in [-0.2, -0.15) is 0 Å². The van der Waals surface area contributed by atoms with Gasteiger partial charge in [0.2, 0.25) is 5.78 Å². The standard InChI is InChI=1S/C6H5FO3/c7-4-1-3(8)2-5(9)6(4)10/h1,8,10H,2H2. The molecule has 0 atom stereocenters. The number of hydrogen-bond acceptors (Lipinski definition) is 3. The monoisotopic (exact) mass is 144 g/mol. The topological polar surface area (TPSA) is 57.5 Å². The molecule has 2 N–H and O–H groups in total. The highest BCUT2D eigenvalue weighted by Gasteiger charge is 2.20. The molecule has 1 aliphatic carbocycles. The van der Waals surface area contributed by atoms with Gasteiger partial charge in [-0.3, -0.25) is 4.79 Å². The van der Waals surface area contributed by atoms with E-state index in [-0.39, 0.29) is 12.2 Å². The summed E-state index contributed by atoms with van der Waals surface area (Å²) in [5.74, 6) is -3.13. The Balaban J connectivity index is 3.03. The molecule has 0 radical (unpaired) electrons. The van der Waals surface area contributed by atoms with Crippen LogP contribution in [0.15, 0.2) is 23.4 Å². The summed E-state index contributed by atoms with van der Waals surface area (Å²) >= 11 is 0. The van der Waals surface area contributed by atoms with Crippen LogP contribution in [0.4, 0.5) is 4.39 Å². The highest BCUT2D eigenvalue weighted by Crippen LogP contribution is 2.17. The van der Waals surface area contributed by atoms with Crippen molar-refractivity contribution in [2.75, 3.05) is 0 Å². The molecule has 1 rings (SSSR count). The Kier molecular flexibility index (Phi) is 1.45. The first kappa shape index (κ1) is 6.80. The third-order valence-electron chi connectivity index (χ3n) is 1.13. The molecule has 10 heavy (non-hydrogen) atoms. The van der Waals surface area contributed by atoms with Crippen LogP contribution in [-0.2, 0) is 4.79 Å². The fourth-order valence-corrected chi connectivity index (χ4v) is 0.647. The Morgan fingerprint density at radius 2 is 2.10 bits per heavy atom. The molecule has 3 nitrogen and oxygen atoms in total. The van der Waals surface area contributed by atoms with Crippen LogP contribution in [0.25, 0.3) is 0 Å². The zero-order chi connectivity index (χ0) is 7.72. The summed E-state index contributed by atoms with van der Waals surface area (Å²) < 4.78 is 12.3. The molecular formula is C6H5FO3. The Morgan fingerprint density at radius 3 is 2.60 bits per heavy atom. The van der Waals surface area contributed by atoms with Gasteiger partial charge in [0.1, 0.15) is 5.76 Å². The number of hydrogen-bond donors (Lipinski definition) is 2. The molecule has 1 aliphatic rings. The van der Waals surface area contributed by atoms with Crippen molar-refractivity contribution < 1.29 is 19.4 Å². The van der Waals surface area contributed by atoms with Gasteiger partial charge in [-0.05, 0) is 0 Å². The molecule has 0 heterocycles. The molecule has 0 spiro atoms. The Morgan fingerprint density at radius 1 is 1.50 bits per heavy atom. The molecule has 0 bridgehead atoms. The molecule has 0 saturated heterocycles. The van der Waals surface area contributed by atoms with E-state index in [0.29, 0.717) is 0 Å². The van der Waals surface area contributed by atoms with E-state index in [0.717, 1.165) is 6.08 Å².